The number of benzene rings is 2. The third-order valence-corrected chi connectivity index (χ3v) is 2.89. The van der Waals surface area contributed by atoms with Crippen LogP contribution in [0.15, 0.2) is 34.8 Å². The van der Waals surface area contributed by atoms with E-state index >= 15 is 0 Å². The van der Waals surface area contributed by atoms with Crippen LogP contribution in [0.1, 0.15) is 15.9 Å². The summed E-state index contributed by atoms with van der Waals surface area (Å²) < 4.78 is 39.9. The molecule has 2 N–H and O–H groups in total. The molecule has 0 amide bonds. The Kier molecular flexibility index (Phi) is 3.61. The Balaban J connectivity index is 2.53. The quantitative estimate of drug-likeness (QED) is 0.519. The lowest BCUT2D eigenvalue weighted by Crippen LogP contribution is -2.07. The van der Waals surface area contributed by atoms with Gasteiger partial charge in [-0.05, 0) is 24.3 Å². The van der Waals surface area contributed by atoms with Crippen molar-refractivity contribution in [2.45, 2.75) is 0 Å². The average molecular weight is 330 g/mol. The fourth-order valence-corrected chi connectivity index (χ4v) is 2.11. The van der Waals surface area contributed by atoms with Gasteiger partial charge in [0.1, 0.15) is 5.82 Å². The third kappa shape index (κ3) is 2.78. The SMILES string of the molecule is Nc1cc(Br)cc(C(=O)c2cc(F)c(F)cc2F)c1. The minimum absolute atomic E-state index is 0.0804. The predicted molar refractivity (Wildman–Crippen MR) is 68.3 cm³/mol. The van der Waals surface area contributed by atoms with Gasteiger partial charge in [0.15, 0.2) is 17.4 Å². The Labute approximate surface area is 115 Å². The number of ketones is 1. The molecule has 6 heteroatoms. The molecule has 0 aliphatic carbocycles. The summed E-state index contributed by atoms with van der Waals surface area (Å²) in [6.45, 7) is 0. The molecule has 0 aliphatic rings. The van der Waals surface area contributed by atoms with E-state index in [1.54, 1.807) is 6.07 Å². The molecule has 0 bridgehead atoms. The molecular weight excluding hydrogens is 323 g/mol. The molecule has 0 fully saturated rings. The Hall–Kier alpha value is -1.82. The number of carbonyl (C=O) groups is 1. The van der Waals surface area contributed by atoms with Crippen LogP contribution in [0.25, 0.3) is 0 Å². The van der Waals surface area contributed by atoms with E-state index in [1.807, 2.05) is 0 Å². The Morgan fingerprint density at radius 2 is 1.58 bits per heavy atom. The highest BCUT2D eigenvalue weighted by atomic mass is 79.9. The first-order valence-corrected chi connectivity index (χ1v) is 5.93. The predicted octanol–water partition coefficient (Wildman–Crippen LogP) is 3.68. The van der Waals surface area contributed by atoms with Gasteiger partial charge < -0.3 is 5.73 Å². The number of anilines is 1. The van der Waals surface area contributed by atoms with Gasteiger partial charge >= 0.3 is 0 Å². The lowest BCUT2D eigenvalue weighted by molar-refractivity contribution is 0.103. The van der Waals surface area contributed by atoms with Gasteiger partial charge in [0.05, 0.1) is 5.56 Å². The number of halogens is 4. The smallest absolute Gasteiger partial charge is 0.196 e. The van der Waals surface area contributed by atoms with Gasteiger partial charge in [-0.1, -0.05) is 15.9 Å². The number of nitrogen functional groups attached to an aromatic ring is 1. The third-order valence-electron chi connectivity index (χ3n) is 2.44. The molecule has 0 aromatic heterocycles. The molecule has 0 saturated heterocycles. The first kappa shape index (κ1) is 13.6. The fraction of sp³-hybridized carbons (Fsp3) is 0. The molecule has 2 rings (SSSR count). The maximum absolute atomic E-state index is 13.5. The highest BCUT2D eigenvalue weighted by Gasteiger charge is 2.18. The van der Waals surface area contributed by atoms with Crippen LogP contribution < -0.4 is 5.73 Å². The summed E-state index contributed by atoms with van der Waals surface area (Å²) >= 11 is 3.14. The van der Waals surface area contributed by atoms with E-state index < -0.39 is 28.8 Å². The van der Waals surface area contributed by atoms with Crippen molar-refractivity contribution in [1.29, 1.82) is 0 Å². The summed E-state index contributed by atoms with van der Waals surface area (Å²) in [5.41, 5.74) is 5.39. The molecule has 0 spiro atoms. The van der Waals surface area contributed by atoms with Crippen molar-refractivity contribution in [1.82, 2.24) is 0 Å². The van der Waals surface area contributed by atoms with Gasteiger partial charge in [-0.25, -0.2) is 13.2 Å². The molecule has 2 aromatic rings. The molecule has 19 heavy (non-hydrogen) atoms. The van der Waals surface area contributed by atoms with Crippen molar-refractivity contribution in [3.05, 3.63) is 63.4 Å². The van der Waals surface area contributed by atoms with E-state index in [1.165, 1.54) is 12.1 Å². The normalized spacial score (nSPS) is 10.5. The molecule has 0 radical (unpaired) electrons. The second-order valence-corrected chi connectivity index (χ2v) is 4.76. The molecule has 0 unspecified atom stereocenters. The van der Waals surface area contributed by atoms with Crippen LogP contribution in [-0.2, 0) is 0 Å². The van der Waals surface area contributed by atoms with Crippen molar-refractivity contribution < 1.29 is 18.0 Å². The van der Waals surface area contributed by atoms with E-state index in [0.717, 1.165) is 0 Å². The minimum atomic E-state index is -1.34. The highest BCUT2D eigenvalue weighted by Crippen LogP contribution is 2.22. The second kappa shape index (κ2) is 5.05. The van der Waals surface area contributed by atoms with Crippen molar-refractivity contribution in [3.63, 3.8) is 0 Å². The zero-order valence-electron chi connectivity index (χ0n) is 9.38. The minimum Gasteiger partial charge on any atom is -0.399 e. The zero-order valence-corrected chi connectivity index (χ0v) is 11.0. The maximum Gasteiger partial charge on any atom is 0.196 e. The number of hydrogen-bond acceptors (Lipinski definition) is 2. The van der Waals surface area contributed by atoms with E-state index in [9.17, 15) is 18.0 Å². The summed E-state index contributed by atoms with van der Waals surface area (Å²) in [7, 11) is 0. The summed E-state index contributed by atoms with van der Waals surface area (Å²) in [5.74, 6) is -4.53. The topological polar surface area (TPSA) is 43.1 Å². The average Bonchev–Trinajstić information content (AvgIpc) is 2.31. The number of hydrogen-bond donors (Lipinski definition) is 1. The molecule has 0 heterocycles. The number of rotatable bonds is 2. The van der Waals surface area contributed by atoms with E-state index in [4.69, 9.17) is 5.73 Å². The first-order chi connectivity index (χ1) is 8.88. The molecule has 2 nitrogen and oxygen atoms in total. The standard InChI is InChI=1S/C13H7BrF3NO/c14-7-1-6(2-8(18)3-7)13(19)9-4-11(16)12(17)5-10(9)15/h1-5H,18H2. The van der Waals surface area contributed by atoms with Crippen LogP contribution in [0.4, 0.5) is 18.9 Å². The van der Waals surface area contributed by atoms with E-state index in [2.05, 4.69) is 15.9 Å². The summed E-state index contributed by atoms with van der Waals surface area (Å²) in [6.07, 6.45) is 0. The Morgan fingerprint density at radius 1 is 0.947 bits per heavy atom. The van der Waals surface area contributed by atoms with Crippen LogP contribution in [0.3, 0.4) is 0 Å². The van der Waals surface area contributed by atoms with Crippen molar-refractivity contribution in [2.75, 3.05) is 5.73 Å². The van der Waals surface area contributed by atoms with Crippen LogP contribution in [0, 0.1) is 17.5 Å². The molecule has 0 saturated carbocycles. The summed E-state index contributed by atoms with van der Waals surface area (Å²) in [4.78, 5) is 12.0. The molecule has 2 aromatic carbocycles. The molecule has 98 valence electrons. The van der Waals surface area contributed by atoms with Crippen molar-refractivity contribution in [2.24, 2.45) is 0 Å². The van der Waals surface area contributed by atoms with Crippen LogP contribution in [0.2, 0.25) is 0 Å². The van der Waals surface area contributed by atoms with E-state index in [-0.39, 0.29) is 5.56 Å². The monoisotopic (exact) mass is 329 g/mol. The van der Waals surface area contributed by atoms with Gasteiger partial charge in [0.25, 0.3) is 0 Å². The van der Waals surface area contributed by atoms with Crippen molar-refractivity contribution >= 4 is 27.4 Å². The first-order valence-electron chi connectivity index (χ1n) is 5.14. The van der Waals surface area contributed by atoms with Crippen LogP contribution >= 0.6 is 15.9 Å². The van der Waals surface area contributed by atoms with Crippen LogP contribution in [-0.4, -0.2) is 5.78 Å². The molecule has 0 atom stereocenters. The van der Waals surface area contributed by atoms with Gasteiger partial charge in [-0.3, -0.25) is 4.79 Å². The Bertz CT molecular complexity index is 653. The molecular formula is C13H7BrF3NO. The Morgan fingerprint density at radius 3 is 2.21 bits per heavy atom. The lowest BCUT2D eigenvalue weighted by Gasteiger charge is -2.05. The van der Waals surface area contributed by atoms with Gasteiger partial charge in [-0.15, -0.1) is 0 Å². The number of nitrogens with two attached hydrogens (primary N) is 1. The van der Waals surface area contributed by atoms with Gasteiger partial charge in [0, 0.05) is 21.8 Å². The highest BCUT2D eigenvalue weighted by molar-refractivity contribution is 9.10. The van der Waals surface area contributed by atoms with Crippen molar-refractivity contribution in [3.8, 4) is 0 Å². The lowest BCUT2D eigenvalue weighted by atomic mass is 10.0. The second-order valence-electron chi connectivity index (χ2n) is 3.85. The molecule has 0 aliphatic heterocycles. The number of carbonyl (C=O) groups excluding carboxylic acids is 1. The zero-order chi connectivity index (χ0) is 14.2. The summed E-state index contributed by atoms with van der Waals surface area (Å²) in [6, 6.07) is 5.17. The maximum atomic E-state index is 13.5. The largest absolute Gasteiger partial charge is 0.399 e. The fourth-order valence-electron chi connectivity index (χ4n) is 1.60. The van der Waals surface area contributed by atoms with E-state index in [0.29, 0.717) is 22.3 Å². The van der Waals surface area contributed by atoms with Crippen LogP contribution in [0.5, 0.6) is 0 Å². The van der Waals surface area contributed by atoms with Gasteiger partial charge in [-0.2, -0.15) is 0 Å². The van der Waals surface area contributed by atoms with Gasteiger partial charge in [0.2, 0.25) is 0 Å². The summed E-state index contributed by atoms with van der Waals surface area (Å²) in [5, 5.41) is 0.